The van der Waals surface area contributed by atoms with Gasteiger partial charge in [0.2, 0.25) is 0 Å². The lowest BCUT2D eigenvalue weighted by molar-refractivity contribution is -0.342. The molecular weight excluding hydrogens is 404 g/mol. The molecule has 10 atom stereocenters. The predicted molar refractivity (Wildman–Crippen MR) is 119 cm³/mol. The first kappa shape index (κ1) is 21.7. The quantitative estimate of drug-likeness (QED) is 0.603. The topological polar surface area (TPSA) is 72.8 Å². The van der Waals surface area contributed by atoms with Gasteiger partial charge in [0.05, 0.1) is 17.6 Å². The molecule has 0 unspecified atom stereocenters. The summed E-state index contributed by atoms with van der Waals surface area (Å²) in [6, 6.07) is 0. The summed E-state index contributed by atoms with van der Waals surface area (Å²) in [7, 11) is 0. The monoisotopic (exact) mass is 444 g/mol. The van der Waals surface area contributed by atoms with Gasteiger partial charge in [0.25, 0.3) is 0 Å². The van der Waals surface area contributed by atoms with Gasteiger partial charge >= 0.3 is 0 Å². The van der Waals surface area contributed by atoms with E-state index in [2.05, 4.69) is 13.8 Å². The Kier molecular flexibility index (Phi) is 4.53. The zero-order chi connectivity index (χ0) is 22.7. The maximum Gasteiger partial charge on any atom is 0.198 e. The Morgan fingerprint density at radius 1 is 0.969 bits per heavy atom. The smallest absolute Gasteiger partial charge is 0.198 e. The van der Waals surface area contributed by atoms with Crippen LogP contribution in [-0.2, 0) is 19.1 Å². The van der Waals surface area contributed by atoms with Gasteiger partial charge in [0.15, 0.2) is 5.79 Å². The standard InChI is InChI=1S/C27H40O5/c1-15-19-7-8-20-18-6-5-16-11-17(28)9-10-25(16,4)21(18)12-22(29)26(19,20)14-31-27(15)23(30)13-24(2,3)32-27/h15-16,18-21,23,30H,5-14H2,1-4H3/t15-,16-,18-,19+,20-,21-,23+,25-,26+,27+/m0/s1. The lowest BCUT2D eigenvalue weighted by atomic mass is 9.43. The fraction of sp³-hybridized carbons (Fsp3) is 0.926. The summed E-state index contributed by atoms with van der Waals surface area (Å²) in [5.74, 6) is 1.87. The molecule has 5 nitrogen and oxygen atoms in total. The van der Waals surface area contributed by atoms with E-state index in [1.807, 2.05) is 13.8 Å². The molecule has 0 radical (unpaired) electrons. The molecule has 5 heteroatoms. The molecule has 4 saturated carbocycles. The molecule has 6 aliphatic rings. The third-order valence-electron chi connectivity index (χ3n) is 11.5. The largest absolute Gasteiger partial charge is 0.387 e. The maximum absolute atomic E-state index is 14.1. The second-order valence-electron chi connectivity index (χ2n) is 13.1. The van der Waals surface area contributed by atoms with Gasteiger partial charge in [-0.05, 0) is 81.0 Å². The van der Waals surface area contributed by atoms with Crippen LogP contribution in [0.1, 0.15) is 85.5 Å². The van der Waals surface area contributed by atoms with Crippen LogP contribution in [0.15, 0.2) is 0 Å². The van der Waals surface area contributed by atoms with Gasteiger partial charge in [-0.25, -0.2) is 0 Å². The van der Waals surface area contributed by atoms with Crippen LogP contribution < -0.4 is 0 Å². The van der Waals surface area contributed by atoms with E-state index >= 15 is 0 Å². The molecule has 0 bridgehead atoms. The van der Waals surface area contributed by atoms with E-state index in [0.717, 1.165) is 38.5 Å². The lowest BCUT2D eigenvalue weighted by Gasteiger charge is -2.62. The Balaban J connectivity index is 1.33. The summed E-state index contributed by atoms with van der Waals surface area (Å²) in [6.07, 6.45) is 7.33. The minimum atomic E-state index is -0.973. The summed E-state index contributed by atoms with van der Waals surface area (Å²) in [4.78, 5) is 26.2. The van der Waals surface area contributed by atoms with E-state index in [4.69, 9.17) is 9.47 Å². The van der Waals surface area contributed by atoms with Crippen molar-refractivity contribution >= 4 is 11.6 Å². The van der Waals surface area contributed by atoms with Crippen molar-refractivity contribution in [2.24, 2.45) is 46.3 Å². The molecule has 6 fully saturated rings. The van der Waals surface area contributed by atoms with Crippen molar-refractivity contribution in [2.45, 2.75) is 103 Å². The van der Waals surface area contributed by atoms with Gasteiger partial charge in [-0.2, -0.15) is 0 Å². The molecule has 178 valence electrons. The van der Waals surface area contributed by atoms with Crippen LogP contribution >= 0.6 is 0 Å². The number of fused-ring (bicyclic) bond motifs is 4. The van der Waals surface area contributed by atoms with E-state index in [1.165, 1.54) is 0 Å². The number of aliphatic hydroxyl groups excluding tert-OH is 1. The van der Waals surface area contributed by atoms with E-state index in [-0.39, 0.29) is 17.3 Å². The van der Waals surface area contributed by atoms with Crippen LogP contribution in [0, 0.1) is 46.3 Å². The number of Topliss-reactive ketones (excluding diaryl/α,β-unsaturated/α-hetero) is 2. The second-order valence-corrected chi connectivity index (χ2v) is 13.1. The molecule has 32 heavy (non-hydrogen) atoms. The second kappa shape index (κ2) is 6.66. The molecule has 6 rings (SSSR count). The number of carbonyl (C=O) groups excluding carboxylic acids is 2. The molecule has 0 aromatic rings. The SMILES string of the molecule is C[C@H]1[C@H]2CC[C@H]3[C@@H]4CC[C@H]5CC(=O)CC[C@]5(C)[C@H]4CC(=O)[C@]23CO[C@@]12OC(C)(C)C[C@H]2O. The molecule has 1 N–H and O–H groups in total. The van der Waals surface area contributed by atoms with Crippen LogP contribution in [0.25, 0.3) is 0 Å². The molecule has 4 aliphatic carbocycles. The molecule has 0 aromatic heterocycles. The minimum absolute atomic E-state index is 0.00208. The number of ketones is 2. The normalized spacial score (nSPS) is 56.5. The third kappa shape index (κ3) is 2.57. The Hall–Kier alpha value is -0.780. The van der Waals surface area contributed by atoms with E-state index in [1.54, 1.807) is 0 Å². The van der Waals surface area contributed by atoms with Gasteiger partial charge in [-0.1, -0.05) is 13.8 Å². The van der Waals surface area contributed by atoms with Crippen LogP contribution in [0.3, 0.4) is 0 Å². The highest BCUT2D eigenvalue weighted by molar-refractivity contribution is 5.88. The molecule has 0 amide bonds. The summed E-state index contributed by atoms with van der Waals surface area (Å²) in [5.41, 5.74) is -0.693. The summed E-state index contributed by atoms with van der Waals surface area (Å²) in [5, 5.41) is 11.0. The molecule has 2 spiro atoms. The van der Waals surface area contributed by atoms with E-state index in [9.17, 15) is 14.7 Å². The van der Waals surface area contributed by atoms with E-state index < -0.39 is 22.9 Å². The first-order valence-corrected chi connectivity index (χ1v) is 13.1. The maximum atomic E-state index is 14.1. The third-order valence-corrected chi connectivity index (χ3v) is 11.5. The van der Waals surface area contributed by atoms with Crippen LogP contribution in [0.4, 0.5) is 0 Å². The van der Waals surface area contributed by atoms with Crippen LogP contribution in [-0.4, -0.2) is 40.8 Å². The van der Waals surface area contributed by atoms with Crippen molar-refractivity contribution in [3.05, 3.63) is 0 Å². The number of ether oxygens (including phenoxy) is 2. The summed E-state index contributed by atoms with van der Waals surface area (Å²) in [6.45, 7) is 8.99. The highest BCUT2D eigenvalue weighted by atomic mass is 16.7. The van der Waals surface area contributed by atoms with Crippen molar-refractivity contribution < 1.29 is 24.2 Å². The Labute approximate surface area is 192 Å². The molecular formula is C27H40O5. The van der Waals surface area contributed by atoms with Gasteiger partial charge in [-0.3, -0.25) is 9.59 Å². The van der Waals surface area contributed by atoms with Crippen LogP contribution in [0.2, 0.25) is 0 Å². The van der Waals surface area contributed by atoms with Crippen LogP contribution in [0.5, 0.6) is 0 Å². The Bertz CT molecular complexity index is 851. The van der Waals surface area contributed by atoms with Gasteiger partial charge < -0.3 is 14.6 Å². The average molecular weight is 445 g/mol. The van der Waals surface area contributed by atoms with Crippen molar-refractivity contribution in [2.75, 3.05) is 6.61 Å². The molecule has 2 saturated heterocycles. The van der Waals surface area contributed by atoms with Gasteiger partial charge in [-0.15, -0.1) is 0 Å². The van der Waals surface area contributed by atoms with Gasteiger partial charge in [0.1, 0.15) is 17.7 Å². The summed E-state index contributed by atoms with van der Waals surface area (Å²) >= 11 is 0. The van der Waals surface area contributed by atoms with Gasteiger partial charge in [0, 0.05) is 31.6 Å². The van der Waals surface area contributed by atoms with Crippen molar-refractivity contribution in [3.63, 3.8) is 0 Å². The predicted octanol–water partition coefficient (Wildman–Crippen LogP) is 4.30. The van der Waals surface area contributed by atoms with E-state index in [0.29, 0.717) is 61.1 Å². The zero-order valence-electron chi connectivity index (χ0n) is 20.2. The minimum Gasteiger partial charge on any atom is -0.387 e. The first-order valence-electron chi connectivity index (χ1n) is 13.1. The number of rotatable bonds is 0. The molecule has 0 aromatic carbocycles. The Morgan fingerprint density at radius 2 is 1.72 bits per heavy atom. The number of aliphatic hydroxyl groups is 1. The number of carbonyl (C=O) groups is 2. The fourth-order valence-corrected chi connectivity index (χ4v) is 9.95. The zero-order valence-corrected chi connectivity index (χ0v) is 20.2. The molecule has 2 aliphatic heterocycles. The number of hydrogen-bond donors (Lipinski definition) is 1. The average Bonchev–Trinajstić information content (AvgIpc) is 3.23. The van der Waals surface area contributed by atoms with Crippen molar-refractivity contribution in [3.8, 4) is 0 Å². The lowest BCUT2D eigenvalue weighted by Crippen LogP contribution is -2.66. The highest BCUT2D eigenvalue weighted by Crippen LogP contribution is 2.69. The summed E-state index contributed by atoms with van der Waals surface area (Å²) < 4.78 is 12.9. The molecule has 2 heterocycles. The Morgan fingerprint density at radius 3 is 2.44 bits per heavy atom. The highest BCUT2D eigenvalue weighted by Gasteiger charge is 2.72. The number of hydrogen-bond acceptors (Lipinski definition) is 5. The fourth-order valence-electron chi connectivity index (χ4n) is 9.95. The van der Waals surface area contributed by atoms with Crippen molar-refractivity contribution in [1.29, 1.82) is 0 Å². The van der Waals surface area contributed by atoms with Crippen molar-refractivity contribution in [1.82, 2.24) is 0 Å². The first-order chi connectivity index (χ1) is 15.0.